The summed E-state index contributed by atoms with van der Waals surface area (Å²) in [6.07, 6.45) is 0.699. The van der Waals surface area contributed by atoms with E-state index in [1.165, 1.54) is 7.11 Å². The second-order valence-corrected chi connectivity index (χ2v) is 4.72. The predicted molar refractivity (Wildman–Crippen MR) is 75.7 cm³/mol. The quantitative estimate of drug-likeness (QED) is 0.674. The first-order valence-electron chi connectivity index (χ1n) is 5.83. The van der Waals surface area contributed by atoms with E-state index in [4.69, 9.17) is 15.2 Å². The van der Waals surface area contributed by atoms with Crippen LogP contribution in [0.5, 0.6) is 5.75 Å². The second kappa shape index (κ2) is 6.24. The summed E-state index contributed by atoms with van der Waals surface area (Å²) < 4.78 is 10.4. The zero-order valence-corrected chi connectivity index (χ0v) is 11.4. The van der Waals surface area contributed by atoms with Gasteiger partial charge in [0, 0.05) is 12.1 Å². The summed E-state index contributed by atoms with van der Waals surface area (Å²) in [5.74, 6) is -0.0225. The Bertz CT molecular complexity index is 552. The highest BCUT2D eigenvalue weighted by Crippen LogP contribution is 2.24. The molecule has 0 saturated carbocycles. The third kappa shape index (κ3) is 3.26. The summed E-state index contributed by atoms with van der Waals surface area (Å²) in [6.45, 7) is 0.326. The summed E-state index contributed by atoms with van der Waals surface area (Å²) in [7, 11) is 1.50. The fraction of sp³-hybridized carbons (Fsp3) is 0.214. The number of rotatable bonds is 5. The van der Waals surface area contributed by atoms with Gasteiger partial charge in [-0.2, -0.15) is 11.3 Å². The number of nitrogens with two attached hydrogens (primary N) is 1. The second-order valence-electron chi connectivity index (χ2n) is 3.94. The number of ether oxygens (including phenoxy) is 2. The average Bonchev–Trinajstić information content (AvgIpc) is 2.91. The molecule has 100 valence electrons. The highest BCUT2D eigenvalue weighted by atomic mass is 32.1. The molecule has 2 N–H and O–H groups in total. The van der Waals surface area contributed by atoms with Crippen LogP contribution in [0.1, 0.15) is 15.9 Å². The lowest BCUT2D eigenvalue weighted by Gasteiger charge is -2.10. The van der Waals surface area contributed by atoms with Crippen molar-refractivity contribution in [2.24, 2.45) is 0 Å². The van der Waals surface area contributed by atoms with E-state index in [0.717, 1.165) is 5.56 Å². The number of esters is 1. The van der Waals surface area contributed by atoms with Crippen molar-refractivity contribution < 1.29 is 14.3 Å². The number of methoxy groups -OCH3 is 1. The van der Waals surface area contributed by atoms with E-state index >= 15 is 0 Å². The molecule has 0 saturated heterocycles. The monoisotopic (exact) mass is 277 g/mol. The molecule has 1 heterocycles. The fourth-order valence-electron chi connectivity index (χ4n) is 1.71. The first kappa shape index (κ1) is 13.4. The zero-order valence-electron chi connectivity index (χ0n) is 10.6. The average molecular weight is 277 g/mol. The van der Waals surface area contributed by atoms with Crippen LogP contribution >= 0.6 is 11.3 Å². The number of carbonyl (C=O) groups is 1. The molecule has 0 unspecified atom stereocenters. The summed E-state index contributed by atoms with van der Waals surface area (Å²) >= 11 is 1.62. The molecule has 0 aliphatic heterocycles. The standard InChI is InChI=1S/C14H15NO3S/c1-17-12-4-2-3-11(15)13(12)14(16)18-7-5-10-6-8-19-9-10/h2-4,6,8-9H,5,7,15H2,1H3. The number of nitrogen functional groups attached to an aromatic ring is 1. The minimum absolute atomic E-state index is 0.287. The normalized spacial score (nSPS) is 10.2. The van der Waals surface area contributed by atoms with Gasteiger partial charge >= 0.3 is 5.97 Å². The van der Waals surface area contributed by atoms with Crippen LogP contribution in [-0.4, -0.2) is 19.7 Å². The molecule has 0 amide bonds. The van der Waals surface area contributed by atoms with Gasteiger partial charge in [0.05, 0.1) is 13.7 Å². The molecule has 0 aliphatic rings. The van der Waals surface area contributed by atoms with Gasteiger partial charge in [-0.1, -0.05) is 6.07 Å². The fourth-order valence-corrected chi connectivity index (χ4v) is 2.41. The van der Waals surface area contributed by atoms with Gasteiger partial charge in [-0.3, -0.25) is 0 Å². The Labute approximate surface area is 115 Å². The molecule has 0 aliphatic carbocycles. The Hall–Kier alpha value is -2.01. The summed E-state index contributed by atoms with van der Waals surface area (Å²) in [6, 6.07) is 7.08. The smallest absolute Gasteiger partial charge is 0.344 e. The van der Waals surface area contributed by atoms with Crippen molar-refractivity contribution in [1.29, 1.82) is 0 Å². The van der Waals surface area contributed by atoms with Crippen molar-refractivity contribution in [3.8, 4) is 5.75 Å². The zero-order chi connectivity index (χ0) is 13.7. The summed E-state index contributed by atoms with van der Waals surface area (Å²) in [5.41, 5.74) is 7.59. The number of carbonyl (C=O) groups excluding carboxylic acids is 1. The maximum absolute atomic E-state index is 12.0. The van der Waals surface area contributed by atoms with Crippen LogP contribution in [0.2, 0.25) is 0 Å². The molecule has 4 nitrogen and oxygen atoms in total. The van der Waals surface area contributed by atoms with Crippen molar-refractivity contribution in [1.82, 2.24) is 0 Å². The van der Waals surface area contributed by atoms with E-state index in [1.807, 2.05) is 16.8 Å². The summed E-state index contributed by atoms with van der Waals surface area (Å²) in [5, 5.41) is 4.03. The van der Waals surface area contributed by atoms with Crippen molar-refractivity contribution >= 4 is 23.0 Å². The molecule has 5 heteroatoms. The van der Waals surface area contributed by atoms with Gasteiger partial charge in [-0.05, 0) is 34.5 Å². The lowest BCUT2D eigenvalue weighted by Crippen LogP contribution is -2.11. The molecule has 0 radical (unpaired) electrons. The number of anilines is 1. The van der Waals surface area contributed by atoms with Crippen molar-refractivity contribution in [3.05, 3.63) is 46.2 Å². The molecule has 0 bridgehead atoms. The van der Waals surface area contributed by atoms with E-state index < -0.39 is 5.97 Å². The van der Waals surface area contributed by atoms with E-state index in [1.54, 1.807) is 29.5 Å². The van der Waals surface area contributed by atoms with E-state index in [-0.39, 0.29) is 5.56 Å². The van der Waals surface area contributed by atoms with Crippen LogP contribution < -0.4 is 10.5 Å². The van der Waals surface area contributed by atoms with Gasteiger partial charge in [0.25, 0.3) is 0 Å². The third-order valence-corrected chi connectivity index (χ3v) is 3.42. The van der Waals surface area contributed by atoms with Gasteiger partial charge in [-0.15, -0.1) is 0 Å². The van der Waals surface area contributed by atoms with Crippen LogP contribution in [-0.2, 0) is 11.2 Å². The molecule has 2 aromatic rings. The lowest BCUT2D eigenvalue weighted by atomic mass is 10.1. The molecule has 0 fully saturated rings. The van der Waals surface area contributed by atoms with Gasteiger partial charge < -0.3 is 15.2 Å². The van der Waals surface area contributed by atoms with Crippen LogP contribution in [0.15, 0.2) is 35.0 Å². The van der Waals surface area contributed by atoms with E-state index in [2.05, 4.69) is 0 Å². The Morgan fingerprint density at radius 3 is 2.89 bits per heavy atom. The molecule has 1 aromatic carbocycles. The third-order valence-electron chi connectivity index (χ3n) is 2.69. The highest BCUT2D eigenvalue weighted by Gasteiger charge is 2.16. The molecule has 2 rings (SSSR count). The maximum atomic E-state index is 12.0. The molecule has 19 heavy (non-hydrogen) atoms. The molecule has 1 aromatic heterocycles. The largest absolute Gasteiger partial charge is 0.496 e. The van der Waals surface area contributed by atoms with Gasteiger partial charge in [0.15, 0.2) is 0 Å². The Kier molecular flexibility index (Phi) is 4.41. The first-order chi connectivity index (χ1) is 9.22. The SMILES string of the molecule is COc1cccc(N)c1C(=O)OCCc1ccsc1. The molecule has 0 spiro atoms. The first-order valence-corrected chi connectivity index (χ1v) is 6.77. The molecular weight excluding hydrogens is 262 g/mol. The number of thiophene rings is 1. The van der Waals surface area contributed by atoms with Crippen molar-refractivity contribution in [3.63, 3.8) is 0 Å². The lowest BCUT2D eigenvalue weighted by molar-refractivity contribution is 0.0507. The van der Waals surface area contributed by atoms with Gasteiger partial charge in [-0.25, -0.2) is 4.79 Å². The molecule has 0 atom stereocenters. The van der Waals surface area contributed by atoms with E-state index in [0.29, 0.717) is 24.5 Å². The number of benzene rings is 1. The Balaban J connectivity index is 2.00. The van der Waals surface area contributed by atoms with Crippen LogP contribution in [0, 0.1) is 0 Å². The van der Waals surface area contributed by atoms with Gasteiger partial charge in [0.1, 0.15) is 11.3 Å². The minimum Gasteiger partial charge on any atom is -0.496 e. The Morgan fingerprint density at radius 1 is 1.37 bits per heavy atom. The maximum Gasteiger partial charge on any atom is 0.344 e. The van der Waals surface area contributed by atoms with Crippen LogP contribution in [0.3, 0.4) is 0 Å². The Morgan fingerprint density at radius 2 is 2.21 bits per heavy atom. The van der Waals surface area contributed by atoms with Crippen molar-refractivity contribution in [2.75, 3.05) is 19.5 Å². The van der Waals surface area contributed by atoms with Crippen molar-refractivity contribution in [2.45, 2.75) is 6.42 Å². The predicted octanol–water partition coefficient (Wildman–Crippen LogP) is 2.74. The van der Waals surface area contributed by atoms with E-state index in [9.17, 15) is 4.79 Å². The number of hydrogen-bond donors (Lipinski definition) is 1. The van der Waals surface area contributed by atoms with Crippen LogP contribution in [0.4, 0.5) is 5.69 Å². The minimum atomic E-state index is -0.454. The number of hydrogen-bond acceptors (Lipinski definition) is 5. The highest BCUT2D eigenvalue weighted by molar-refractivity contribution is 7.07. The topological polar surface area (TPSA) is 61.5 Å². The van der Waals surface area contributed by atoms with Crippen LogP contribution in [0.25, 0.3) is 0 Å². The summed E-state index contributed by atoms with van der Waals surface area (Å²) in [4.78, 5) is 12.0. The van der Waals surface area contributed by atoms with Gasteiger partial charge in [0.2, 0.25) is 0 Å². The molecular formula is C14H15NO3S.